The van der Waals surface area contributed by atoms with E-state index in [1.54, 1.807) is 13.8 Å². The fourth-order valence-corrected chi connectivity index (χ4v) is 1.31. The fourth-order valence-electron chi connectivity index (χ4n) is 1.31. The van der Waals surface area contributed by atoms with Gasteiger partial charge < -0.3 is 9.84 Å². The van der Waals surface area contributed by atoms with Crippen molar-refractivity contribution in [3.8, 4) is 5.75 Å². The molecule has 0 aromatic heterocycles. The van der Waals surface area contributed by atoms with Gasteiger partial charge in [0.05, 0.1) is 6.61 Å². The van der Waals surface area contributed by atoms with Crippen molar-refractivity contribution >= 4 is 5.97 Å². The van der Waals surface area contributed by atoms with Gasteiger partial charge in [-0.1, -0.05) is 12.1 Å². The highest BCUT2D eigenvalue weighted by Crippen LogP contribution is 2.14. The Morgan fingerprint density at radius 1 is 1.47 bits per heavy atom. The van der Waals surface area contributed by atoms with Crippen LogP contribution in [0.4, 0.5) is 0 Å². The quantitative estimate of drug-likeness (QED) is 0.795. The smallest absolute Gasteiger partial charge is 0.323 e. The Labute approximate surface area is 102 Å². The molecule has 17 heavy (non-hydrogen) atoms. The van der Waals surface area contributed by atoms with E-state index < -0.39 is 11.5 Å². The van der Waals surface area contributed by atoms with Crippen molar-refractivity contribution in [2.45, 2.75) is 32.9 Å². The second-order valence-electron chi connectivity index (χ2n) is 4.36. The van der Waals surface area contributed by atoms with Crippen LogP contribution < -0.4 is 10.1 Å². The monoisotopic (exact) mass is 237 g/mol. The van der Waals surface area contributed by atoms with Crippen molar-refractivity contribution in [1.82, 2.24) is 5.32 Å². The second-order valence-corrected chi connectivity index (χ2v) is 4.36. The van der Waals surface area contributed by atoms with Gasteiger partial charge in [-0.05, 0) is 38.5 Å². The first-order valence-electron chi connectivity index (χ1n) is 5.66. The molecule has 0 fully saturated rings. The minimum atomic E-state index is -0.929. The van der Waals surface area contributed by atoms with E-state index in [0.29, 0.717) is 13.2 Å². The summed E-state index contributed by atoms with van der Waals surface area (Å²) < 4.78 is 5.38. The molecule has 0 aliphatic heterocycles. The number of carboxylic acid groups (broad SMARTS) is 1. The number of ether oxygens (including phenoxy) is 1. The van der Waals surface area contributed by atoms with Crippen LogP contribution in [0.5, 0.6) is 5.75 Å². The summed E-state index contributed by atoms with van der Waals surface area (Å²) in [7, 11) is 0. The van der Waals surface area contributed by atoms with Crippen LogP contribution in [0, 0.1) is 0 Å². The first kappa shape index (κ1) is 13.5. The fraction of sp³-hybridized carbons (Fsp3) is 0.462. The molecule has 0 radical (unpaired) electrons. The third-order valence-corrected chi connectivity index (χ3v) is 2.48. The molecule has 4 heteroatoms. The van der Waals surface area contributed by atoms with Gasteiger partial charge in [-0.15, -0.1) is 0 Å². The summed E-state index contributed by atoms with van der Waals surface area (Å²) >= 11 is 0. The molecule has 2 N–H and O–H groups in total. The molecule has 4 nitrogen and oxygen atoms in total. The SMILES string of the molecule is CCOc1cccc(CNC(C)(C)C(=O)O)c1. The molecular weight excluding hydrogens is 218 g/mol. The lowest BCUT2D eigenvalue weighted by Crippen LogP contribution is -2.46. The van der Waals surface area contributed by atoms with Gasteiger partial charge in [0.15, 0.2) is 0 Å². The highest BCUT2D eigenvalue weighted by Gasteiger charge is 2.25. The van der Waals surface area contributed by atoms with Crippen LogP contribution in [-0.4, -0.2) is 23.2 Å². The topological polar surface area (TPSA) is 58.6 Å². The van der Waals surface area contributed by atoms with Gasteiger partial charge in [-0.25, -0.2) is 0 Å². The number of rotatable bonds is 6. The zero-order valence-corrected chi connectivity index (χ0v) is 10.5. The van der Waals surface area contributed by atoms with E-state index in [2.05, 4.69) is 5.32 Å². The number of aliphatic carboxylic acids is 1. The summed E-state index contributed by atoms with van der Waals surface area (Å²) in [6, 6.07) is 7.63. The third kappa shape index (κ3) is 4.07. The summed E-state index contributed by atoms with van der Waals surface area (Å²) in [5.74, 6) is -0.0570. The van der Waals surface area contributed by atoms with Crippen molar-refractivity contribution in [2.24, 2.45) is 0 Å². The molecule has 0 aliphatic rings. The summed E-state index contributed by atoms with van der Waals surface area (Å²) in [4.78, 5) is 10.9. The van der Waals surface area contributed by atoms with Crippen LogP contribution in [0.25, 0.3) is 0 Å². The maximum Gasteiger partial charge on any atom is 0.323 e. The Balaban J connectivity index is 2.63. The molecule has 0 unspecified atom stereocenters. The molecule has 0 bridgehead atoms. The molecule has 1 aromatic rings. The van der Waals surface area contributed by atoms with Crippen molar-refractivity contribution in [1.29, 1.82) is 0 Å². The van der Waals surface area contributed by atoms with E-state index in [1.165, 1.54) is 0 Å². The molecule has 0 spiro atoms. The highest BCUT2D eigenvalue weighted by atomic mass is 16.5. The van der Waals surface area contributed by atoms with E-state index in [4.69, 9.17) is 9.84 Å². The van der Waals surface area contributed by atoms with Gasteiger partial charge in [-0.2, -0.15) is 0 Å². The minimum Gasteiger partial charge on any atom is -0.494 e. The van der Waals surface area contributed by atoms with Crippen LogP contribution in [0.15, 0.2) is 24.3 Å². The van der Waals surface area contributed by atoms with Crippen molar-refractivity contribution in [3.05, 3.63) is 29.8 Å². The molecule has 0 atom stereocenters. The standard InChI is InChI=1S/C13H19NO3/c1-4-17-11-7-5-6-10(8-11)9-14-13(2,3)12(15)16/h5-8,14H,4,9H2,1-3H3,(H,15,16). The Hall–Kier alpha value is -1.55. The van der Waals surface area contributed by atoms with Crippen LogP contribution in [0.2, 0.25) is 0 Å². The Morgan fingerprint density at radius 3 is 2.76 bits per heavy atom. The van der Waals surface area contributed by atoms with Crippen LogP contribution in [0.3, 0.4) is 0 Å². The summed E-state index contributed by atoms with van der Waals surface area (Å²) in [5.41, 5.74) is 0.0759. The maximum absolute atomic E-state index is 10.9. The number of hydrogen-bond acceptors (Lipinski definition) is 3. The van der Waals surface area contributed by atoms with E-state index in [0.717, 1.165) is 11.3 Å². The Kier molecular flexibility index (Phi) is 4.52. The van der Waals surface area contributed by atoms with Crippen LogP contribution in [0.1, 0.15) is 26.3 Å². The van der Waals surface area contributed by atoms with E-state index >= 15 is 0 Å². The molecule has 0 aliphatic carbocycles. The first-order valence-corrected chi connectivity index (χ1v) is 5.66. The highest BCUT2D eigenvalue weighted by molar-refractivity contribution is 5.77. The van der Waals surface area contributed by atoms with Gasteiger partial charge in [-0.3, -0.25) is 10.1 Å². The van der Waals surface area contributed by atoms with Gasteiger partial charge in [0.1, 0.15) is 11.3 Å². The zero-order valence-electron chi connectivity index (χ0n) is 10.5. The predicted molar refractivity (Wildman–Crippen MR) is 66.2 cm³/mol. The van der Waals surface area contributed by atoms with Gasteiger partial charge in [0.25, 0.3) is 0 Å². The van der Waals surface area contributed by atoms with Gasteiger partial charge in [0.2, 0.25) is 0 Å². The van der Waals surface area contributed by atoms with Crippen LogP contribution in [-0.2, 0) is 11.3 Å². The molecule has 0 heterocycles. The van der Waals surface area contributed by atoms with E-state index in [9.17, 15) is 4.79 Å². The Bertz CT molecular complexity index is 388. The van der Waals surface area contributed by atoms with E-state index in [1.807, 2.05) is 31.2 Å². The number of carboxylic acids is 1. The molecule has 0 amide bonds. The second kappa shape index (κ2) is 5.68. The number of hydrogen-bond donors (Lipinski definition) is 2. The van der Waals surface area contributed by atoms with Gasteiger partial charge >= 0.3 is 5.97 Å². The normalized spacial score (nSPS) is 11.2. The number of benzene rings is 1. The lowest BCUT2D eigenvalue weighted by atomic mass is 10.1. The lowest BCUT2D eigenvalue weighted by molar-refractivity contribution is -0.143. The Morgan fingerprint density at radius 2 is 2.18 bits per heavy atom. The molecule has 0 saturated heterocycles. The molecule has 1 aromatic carbocycles. The lowest BCUT2D eigenvalue weighted by Gasteiger charge is -2.21. The molecule has 0 saturated carbocycles. The molecule has 1 rings (SSSR count). The van der Waals surface area contributed by atoms with Gasteiger partial charge in [0, 0.05) is 6.54 Å². The van der Waals surface area contributed by atoms with Crippen molar-refractivity contribution in [3.63, 3.8) is 0 Å². The average molecular weight is 237 g/mol. The molecular formula is C13H19NO3. The summed E-state index contributed by atoms with van der Waals surface area (Å²) in [6.45, 7) is 6.33. The number of nitrogens with one attached hydrogen (secondary N) is 1. The molecule has 94 valence electrons. The summed E-state index contributed by atoms with van der Waals surface area (Å²) in [5, 5.41) is 12.0. The maximum atomic E-state index is 10.9. The summed E-state index contributed by atoms with van der Waals surface area (Å²) in [6.07, 6.45) is 0. The average Bonchev–Trinajstić information content (AvgIpc) is 2.27. The minimum absolute atomic E-state index is 0.500. The van der Waals surface area contributed by atoms with E-state index in [-0.39, 0.29) is 0 Å². The first-order chi connectivity index (χ1) is 7.95. The zero-order chi connectivity index (χ0) is 12.9. The largest absolute Gasteiger partial charge is 0.494 e. The third-order valence-electron chi connectivity index (χ3n) is 2.48. The van der Waals surface area contributed by atoms with Crippen molar-refractivity contribution < 1.29 is 14.6 Å². The predicted octanol–water partition coefficient (Wildman–Crippen LogP) is 2.04. The number of carbonyl (C=O) groups is 1. The van der Waals surface area contributed by atoms with Crippen LogP contribution >= 0.6 is 0 Å². The van der Waals surface area contributed by atoms with Crippen molar-refractivity contribution in [2.75, 3.05) is 6.61 Å².